The number of hydrogen-bond donors (Lipinski definition) is 1. The highest BCUT2D eigenvalue weighted by Gasteiger charge is 2.11. The summed E-state index contributed by atoms with van der Waals surface area (Å²) in [5, 5.41) is 3.79. The van der Waals surface area contributed by atoms with Gasteiger partial charge in [-0.05, 0) is 48.0 Å². The number of hydrazone groups is 1. The van der Waals surface area contributed by atoms with Crippen molar-refractivity contribution in [1.82, 2.24) is 5.43 Å². The van der Waals surface area contributed by atoms with Gasteiger partial charge in [-0.2, -0.15) is 5.10 Å². The number of amides is 1. The molecule has 0 atom stereocenters. The lowest BCUT2D eigenvalue weighted by atomic mass is 10.2. The number of carbonyl (C=O) groups is 1. The highest BCUT2D eigenvalue weighted by Crippen LogP contribution is 2.17. The standard InChI is InChI=1S/C20H17FN2O4/c1-25-18-9-7-14(11-17(18)21)12-22-23-20(24)19-10-8-16(27-19)13-26-15-5-3-2-4-6-15/h2-12H,13H2,1H3,(H,23,24)/b22-12-. The molecular weight excluding hydrogens is 351 g/mol. The number of para-hydroxylation sites is 1. The van der Waals surface area contributed by atoms with Crippen molar-refractivity contribution in [1.29, 1.82) is 0 Å². The second kappa shape index (κ2) is 8.66. The van der Waals surface area contributed by atoms with Crippen LogP contribution in [0.15, 0.2) is 70.2 Å². The summed E-state index contributed by atoms with van der Waals surface area (Å²) in [4.78, 5) is 12.0. The lowest BCUT2D eigenvalue weighted by Gasteiger charge is -2.03. The van der Waals surface area contributed by atoms with Crippen molar-refractivity contribution < 1.29 is 23.1 Å². The predicted octanol–water partition coefficient (Wildman–Crippen LogP) is 3.77. The van der Waals surface area contributed by atoms with Crippen LogP contribution in [-0.2, 0) is 6.61 Å². The molecule has 0 unspecified atom stereocenters. The van der Waals surface area contributed by atoms with Crippen LogP contribution in [0.25, 0.3) is 0 Å². The Hall–Kier alpha value is -3.61. The molecule has 0 aliphatic carbocycles. The minimum absolute atomic E-state index is 0.0970. The molecule has 0 fully saturated rings. The van der Waals surface area contributed by atoms with Crippen LogP contribution in [0.5, 0.6) is 11.5 Å². The highest BCUT2D eigenvalue weighted by atomic mass is 19.1. The SMILES string of the molecule is COc1ccc(/C=N\NC(=O)c2ccc(COc3ccccc3)o2)cc1F. The molecule has 138 valence electrons. The molecule has 0 saturated heterocycles. The lowest BCUT2D eigenvalue weighted by molar-refractivity contribution is 0.0923. The number of carbonyl (C=O) groups excluding carboxylic acids is 1. The molecule has 1 N–H and O–H groups in total. The quantitative estimate of drug-likeness (QED) is 0.509. The number of ether oxygens (including phenoxy) is 2. The van der Waals surface area contributed by atoms with E-state index in [-0.39, 0.29) is 18.1 Å². The zero-order chi connectivity index (χ0) is 19.1. The minimum Gasteiger partial charge on any atom is -0.494 e. The van der Waals surface area contributed by atoms with Gasteiger partial charge in [-0.15, -0.1) is 0 Å². The maximum absolute atomic E-state index is 13.6. The van der Waals surface area contributed by atoms with Gasteiger partial charge in [-0.25, -0.2) is 9.82 Å². The molecule has 3 rings (SSSR count). The number of benzene rings is 2. The van der Waals surface area contributed by atoms with E-state index in [0.717, 1.165) is 0 Å². The predicted molar refractivity (Wildman–Crippen MR) is 97.5 cm³/mol. The number of furan rings is 1. The summed E-state index contributed by atoms with van der Waals surface area (Å²) in [6, 6.07) is 16.8. The summed E-state index contributed by atoms with van der Waals surface area (Å²) in [7, 11) is 1.38. The van der Waals surface area contributed by atoms with E-state index in [1.165, 1.54) is 31.5 Å². The van der Waals surface area contributed by atoms with Gasteiger partial charge in [0.25, 0.3) is 0 Å². The Morgan fingerprint density at radius 2 is 2.00 bits per heavy atom. The Kier molecular flexibility index (Phi) is 5.84. The number of methoxy groups -OCH3 is 1. The van der Waals surface area contributed by atoms with Gasteiger partial charge in [-0.3, -0.25) is 4.79 Å². The summed E-state index contributed by atoms with van der Waals surface area (Å²) >= 11 is 0. The monoisotopic (exact) mass is 368 g/mol. The molecule has 1 aromatic heterocycles. The molecule has 2 aromatic carbocycles. The third kappa shape index (κ3) is 4.94. The van der Waals surface area contributed by atoms with Crippen molar-refractivity contribution in [3.8, 4) is 11.5 Å². The average Bonchev–Trinajstić information content (AvgIpc) is 3.16. The molecule has 6 nitrogen and oxygen atoms in total. The molecule has 0 radical (unpaired) electrons. The Bertz CT molecular complexity index is 938. The summed E-state index contributed by atoms with van der Waals surface area (Å²) in [6.07, 6.45) is 1.32. The van der Waals surface area contributed by atoms with Crippen LogP contribution in [0.3, 0.4) is 0 Å². The third-order valence-electron chi connectivity index (χ3n) is 3.57. The van der Waals surface area contributed by atoms with Gasteiger partial charge in [0.05, 0.1) is 13.3 Å². The summed E-state index contributed by atoms with van der Waals surface area (Å²) in [6.45, 7) is 0.200. The Balaban J connectivity index is 1.54. The topological polar surface area (TPSA) is 73.1 Å². The molecule has 0 bridgehead atoms. The van der Waals surface area contributed by atoms with E-state index >= 15 is 0 Å². The first kappa shape index (κ1) is 18.2. The molecule has 1 heterocycles. The number of hydrogen-bond acceptors (Lipinski definition) is 5. The van der Waals surface area contributed by atoms with Gasteiger partial charge in [-0.1, -0.05) is 18.2 Å². The first-order valence-electron chi connectivity index (χ1n) is 8.09. The van der Waals surface area contributed by atoms with Crippen LogP contribution in [0, 0.1) is 5.82 Å². The second-order valence-electron chi connectivity index (χ2n) is 5.46. The van der Waals surface area contributed by atoms with Crippen molar-refractivity contribution in [3.63, 3.8) is 0 Å². The fourth-order valence-corrected chi connectivity index (χ4v) is 2.23. The molecule has 27 heavy (non-hydrogen) atoms. The highest BCUT2D eigenvalue weighted by molar-refractivity contribution is 5.92. The van der Waals surface area contributed by atoms with E-state index in [9.17, 15) is 9.18 Å². The van der Waals surface area contributed by atoms with E-state index < -0.39 is 11.7 Å². The van der Waals surface area contributed by atoms with Crippen LogP contribution in [-0.4, -0.2) is 19.2 Å². The zero-order valence-electron chi connectivity index (χ0n) is 14.5. The smallest absolute Gasteiger partial charge is 0.307 e. The first-order valence-corrected chi connectivity index (χ1v) is 8.09. The van der Waals surface area contributed by atoms with Crippen LogP contribution in [0.2, 0.25) is 0 Å². The van der Waals surface area contributed by atoms with Crippen LogP contribution < -0.4 is 14.9 Å². The van der Waals surface area contributed by atoms with Crippen molar-refractivity contribution in [3.05, 3.63) is 83.6 Å². The first-order chi connectivity index (χ1) is 13.2. The van der Waals surface area contributed by atoms with Gasteiger partial charge in [0, 0.05) is 0 Å². The molecule has 0 aliphatic rings. The van der Waals surface area contributed by atoms with E-state index in [4.69, 9.17) is 13.9 Å². The lowest BCUT2D eigenvalue weighted by Crippen LogP contribution is -2.16. The summed E-state index contributed by atoms with van der Waals surface area (Å²) in [5.41, 5.74) is 2.80. The van der Waals surface area contributed by atoms with E-state index in [2.05, 4.69) is 10.5 Å². The number of rotatable bonds is 7. The van der Waals surface area contributed by atoms with E-state index in [1.54, 1.807) is 12.1 Å². The second-order valence-corrected chi connectivity index (χ2v) is 5.46. The van der Waals surface area contributed by atoms with Crippen molar-refractivity contribution >= 4 is 12.1 Å². The largest absolute Gasteiger partial charge is 0.494 e. The Labute approximate surface area is 155 Å². The fourth-order valence-electron chi connectivity index (χ4n) is 2.23. The zero-order valence-corrected chi connectivity index (χ0v) is 14.5. The van der Waals surface area contributed by atoms with Gasteiger partial charge >= 0.3 is 5.91 Å². The summed E-state index contributed by atoms with van der Waals surface area (Å²) in [5.74, 6) is 0.409. The van der Waals surface area contributed by atoms with Crippen LogP contribution in [0.1, 0.15) is 21.9 Å². The van der Waals surface area contributed by atoms with E-state index in [1.807, 2.05) is 30.3 Å². The maximum Gasteiger partial charge on any atom is 0.307 e. The van der Waals surface area contributed by atoms with E-state index in [0.29, 0.717) is 17.1 Å². The molecule has 7 heteroatoms. The van der Waals surface area contributed by atoms with Gasteiger partial charge in [0.15, 0.2) is 17.3 Å². The molecule has 0 aliphatic heterocycles. The minimum atomic E-state index is -0.522. The summed E-state index contributed by atoms with van der Waals surface area (Å²) < 4.78 is 29.4. The molecule has 3 aromatic rings. The maximum atomic E-state index is 13.6. The molecule has 0 spiro atoms. The van der Waals surface area contributed by atoms with Gasteiger partial charge in [0.2, 0.25) is 0 Å². The average molecular weight is 368 g/mol. The van der Waals surface area contributed by atoms with Crippen LogP contribution >= 0.6 is 0 Å². The van der Waals surface area contributed by atoms with Crippen molar-refractivity contribution in [2.45, 2.75) is 6.61 Å². The number of halogens is 1. The third-order valence-corrected chi connectivity index (χ3v) is 3.57. The van der Waals surface area contributed by atoms with Crippen molar-refractivity contribution in [2.75, 3.05) is 7.11 Å². The Morgan fingerprint density at radius 3 is 2.74 bits per heavy atom. The number of nitrogens with one attached hydrogen (secondary N) is 1. The Morgan fingerprint density at radius 1 is 1.19 bits per heavy atom. The van der Waals surface area contributed by atoms with Gasteiger partial charge in [0.1, 0.15) is 18.1 Å². The fraction of sp³-hybridized carbons (Fsp3) is 0.100. The molecule has 0 saturated carbocycles. The number of nitrogens with zero attached hydrogens (tertiary/aromatic N) is 1. The molecular formula is C20H17FN2O4. The molecule has 1 amide bonds. The van der Waals surface area contributed by atoms with Gasteiger partial charge < -0.3 is 13.9 Å². The van der Waals surface area contributed by atoms with Crippen LogP contribution in [0.4, 0.5) is 4.39 Å². The normalized spacial score (nSPS) is 10.7. The van der Waals surface area contributed by atoms with Crippen molar-refractivity contribution in [2.24, 2.45) is 5.10 Å².